The van der Waals surface area contributed by atoms with Gasteiger partial charge in [0, 0.05) is 10.5 Å². The second kappa shape index (κ2) is 6.73. The van der Waals surface area contributed by atoms with Crippen molar-refractivity contribution in [2.45, 2.75) is 19.4 Å². The van der Waals surface area contributed by atoms with Crippen LogP contribution in [0.2, 0.25) is 0 Å². The number of hydrogen-bond acceptors (Lipinski definition) is 2. The van der Waals surface area contributed by atoms with Crippen molar-refractivity contribution in [1.82, 2.24) is 5.32 Å². The third-order valence-electron chi connectivity index (χ3n) is 3.07. The summed E-state index contributed by atoms with van der Waals surface area (Å²) in [6.07, 6.45) is 1.05. The van der Waals surface area contributed by atoms with E-state index in [1.165, 1.54) is 5.56 Å². The molecule has 0 aliphatic rings. The first kappa shape index (κ1) is 14.1. The van der Waals surface area contributed by atoms with Gasteiger partial charge in [0.25, 0.3) is 0 Å². The summed E-state index contributed by atoms with van der Waals surface area (Å²) < 4.78 is 6.92. The van der Waals surface area contributed by atoms with Gasteiger partial charge in [-0.2, -0.15) is 0 Å². The highest BCUT2D eigenvalue weighted by molar-refractivity contribution is 9.10. The molecule has 2 aromatic rings. The smallest absolute Gasteiger partial charge is 0.127 e. The summed E-state index contributed by atoms with van der Waals surface area (Å²) in [4.78, 5) is 0. The molecule has 0 radical (unpaired) electrons. The summed E-state index contributed by atoms with van der Waals surface area (Å²) in [6, 6.07) is 16.4. The summed E-state index contributed by atoms with van der Waals surface area (Å²) in [5, 5.41) is 3.30. The monoisotopic (exact) mass is 319 g/mol. The predicted molar refractivity (Wildman–Crippen MR) is 82.7 cm³/mol. The van der Waals surface area contributed by atoms with Crippen LogP contribution in [-0.2, 0) is 0 Å². The molecule has 0 saturated carbocycles. The molecule has 2 aromatic carbocycles. The number of ether oxygens (including phenoxy) is 1. The molecule has 2 nitrogen and oxygen atoms in total. The molecule has 0 aromatic heterocycles. The summed E-state index contributed by atoms with van der Waals surface area (Å²) in [7, 11) is 1.98. The summed E-state index contributed by atoms with van der Waals surface area (Å²) in [5.74, 6) is 1.71. The highest BCUT2D eigenvalue weighted by atomic mass is 79.9. The molecular weight excluding hydrogens is 302 g/mol. The Hall–Kier alpha value is -1.32. The lowest BCUT2D eigenvalue weighted by Gasteiger charge is -2.15. The fraction of sp³-hybridized carbons (Fsp3) is 0.250. The van der Waals surface area contributed by atoms with Crippen LogP contribution in [0.15, 0.2) is 53.0 Å². The standard InChI is InChI=1S/C16H18BrNO/c1-3-16(18-2)12-5-4-6-15(11-12)19-14-9-7-13(17)8-10-14/h4-11,16,18H,3H2,1-2H3. The van der Waals surface area contributed by atoms with E-state index in [2.05, 4.69) is 40.3 Å². The third-order valence-corrected chi connectivity index (χ3v) is 3.60. The van der Waals surface area contributed by atoms with Gasteiger partial charge in [-0.15, -0.1) is 0 Å². The molecule has 3 heteroatoms. The molecule has 0 fully saturated rings. The second-order valence-corrected chi connectivity index (χ2v) is 5.29. The Kier molecular flexibility index (Phi) is 5.00. The van der Waals surface area contributed by atoms with E-state index >= 15 is 0 Å². The van der Waals surface area contributed by atoms with E-state index in [0.29, 0.717) is 6.04 Å². The minimum absolute atomic E-state index is 0.369. The molecule has 0 saturated heterocycles. The van der Waals surface area contributed by atoms with Crippen LogP contribution in [0.4, 0.5) is 0 Å². The second-order valence-electron chi connectivity index (χ2n) is 4.38. The first-order valence-corrected chi connectivity index (χ1v) is 7.23. The van der Waals surface area contributed by atoms with Crippen molar-refractivity contribution in [1.29, 1.82) is 0 Å². The van der Waals surface area contributed by atoms with Gasteiger partial charge in [0.1, 0.15) is 11.5 Å². The summed E-state index contributed by atoms with van der Waals surface area (Å²) in [5.41, 5.74) is 1.25. The average molecular weight is 320 g/mol. The van der Waals surface area contributed by atoms with Gasteiger partial charge in [-0.25, -0.2) is 0 Å². The molecule has 0 heterocycles. The first-order valence-electron chi connectivity index (χ1n) is 6.43. The molecule has 100 valence electrons. The zero-order chi connectivity index (χ0) is 13.7. The largest absolute Gasteiger partial charge is 0.457 e. The van der Waals surface area contributed by atoms with Crippen molar-refractivity contribution in [3.8, 4) is 11.5 Å². The van der Waals surface area contributed by atoms with Gasteiger partial charge in [-0.1, -0.05) is 35.0 Å². The molecule has 0 spiro atoms. The fourth-order valence-electron chi connectivity index (χ4n) is 2.04. The molecule has 1 unspecified atom stereocenters. The van der Waals surface area contributed by atoms with Crippen LogP contribution in [-0.4, -0.2) is 7.05 Å². The Bertz CT molecular complexity index is 521. The fourth-order valence-corrected chi connectivity index (χ4v) is 2.30. The van der Waals surface area contributed by atoms with Crippen LogP contribution >= 0.6 is 15.9 Å². The topological polar surface area (TPSA) is 21.3 Å². The van der Waals surface area contributed by atoms with Crippen LogP contribution in [0.3, 0.4) is 0 Å². The zero-order valence-electron chi connectivity index (χ0n) is 11.2. The van der Waals surface area contributed by atoms with Gasteiger partial charge >= 0.3 is 0 Å². The lowest BCUT2D eigenvalue weighted by molar-refractivity contribution is 0.479. The Morgan fingerprint density at radius 1 is 1.11 bits per heavy atom. The zero-order valence-corrected chi connectivity index (χ0v) is 12.8. The predicted octanol–water partition coefficient (Wildman–Crippen LogP) is 4.91. The quantitative estimate of drug-likeness (QED) is 0.845. The highest BCUT2D eigenvalue weighted by Gasteiger charge is 2.07. The van der Waals surface area contributed by atoms with Gasteiger partial charge in [-0.3, -0.25) is 0 Å². The van der Waals surface area contributed by atoms with Gasteiger partial charge in [0.15, 0.2) is 0 Å². The van der Waals surface area contributed by atoms with Gasteiger partial charge in [0.2, 0.25) is 0 Å². The van der Waals surface area contributed by atoms with Crippen LogP contribution in [0, 0.1) is 0 Å². The van der Waals surface area contributed by atoms with Crippen molar-refractivity contribution in [2.75, 3.05) is 7.05 Å². The van der Waals surface area contributed by atoms with E-state index in [4.69, 9.17) is 4.74 Å². The summed E-state index contributed by atoms with van der Waals surface area (Å²) >= 11 is 3.42. The van der Waals surface area contributed by atoms with Gasteiger partial charge < -0.3 is 10.1 Å². The maximum absolute atomic E-state index is 5.86. The third kappa shape index (κ3) is 3.82. The molecule has 0 aliphatic carbocycles. The SMILES string of the molecule is CCC(NC)c1cccc(Oc2ccc(Br)cc2)c1. The highest BCUT2D eigenvalue weighted by Crippen LogP contribution is 2.26. The Morgan fingerprint density at radius 2 is 1.84 bits per heavy atom. The van der Waals surface area contributed by atoms with Crippen molar-refractivity contribution in [3.05, 3.63) is 58.6 Å². The molecule has 1 atom stereocenters. The van der Waals surface area contributed by atoms with Gasteiger partial charge in [0.05, 0.1) is 0 Å². The lowest BCUT2D eigenvalue weighted by atomic mass is 10.0. The van der Waals surface area contributed by atoms with E-state index in [1.807, 2.05) is 43.4 Å². The number of hydrogen-bond donors (Lipinski definition) is 1. The number of nitrogens with one attached hydrogen (secondary N) is 1. The Labute approximate surface area is 122 Å². The molecular formula is C16H18BrNO. The molecule has 0 bridgehead atoms. The van der Waals surface area contributed by atoms with Gasteiger partial charge in [-0.05, 0) is 55.4 Å². The van der Waals surface area contributed by atoms with Crippen LogP contribution < -0.4 is 10.1 Å². The Balaban J connectivity index is 2.17. The maximum atomic E-state index is 5.86. The Morgan fingerprint density at radius 3 is 2.47 bits per heavy atom. The minimum Gasteiger partial charge on any atom is -0.457 e. The lowest BCUT2D eigenvalue weighted by Crippen LogP contribution is -2.14. The normalized spacial score (nSPS) is 12.2. The van der Waals surface area contributed by atoms with Crippen molar-refractivity contribution in [3.63, 3.8) is 0 Å². The first-order chi connectivity index (χ1) is 9.22. The number of halogens is 1. The van der Waals surface area contributed by atoms with Crippen LogP contribution in [0.5, 0.6) is 11.5 Å². The van der Waals surface area contributed by atoms with Crippen LogP contribution in [0.25, 0.3) is 0 Å². The molecule has 0 aliphatic heterocycles. The van der Waals surface area contributed by atoms with Crippen molar-refractivity contribution < 1.29 is 4.74 Å². The van der Waals surface area contributed by atoms with E-state index in [1.54, 1.807) is 0 Å². The van der Waals surface area contributed by atoms with E-state index in [0.717, 1.165) is 22.4 Å². The number of rotatable bonds is 5. The summed E-state index contributed by atoms with van der Waals surface area (Å²) in [6.45, 7) is 2.17. The molecule has 19 heavy (non-hydrogen) atoms. The van der Waals surface area contributed by atoms with Crippen molar-refractivity contribution >= 4 is 15.9 Å². The van der Waals surface area contributed by atoms with Crippen LogP contribution in [0.1, 0.15) is 24.9 Å². The molecule has 2 rings (SSSR count). The van der Waals surface area contributed by atoms with E-state index in [-0.39, 0.29) is 0 Å². The van der Waals surface area contributed by atoms with E-state index in [9.17, 15) is 0 Å². The minimum atomic E-state index is 0.369. The average Bonchev–Trinajstić information content (AvgIpc) is 2.43. The maximum Gasteiger partial charge on any atom is 0.127 e. The molecule has 0 amide bonds. The van der Waals surface area contributed by atoms with Crippen molar-refractivity contribution in [2.24, 2.45) is 0 Å². The van der Waals surface area contributed by atoms with E-state index < -0.39 is 0 Å². The molecule has 1 N–H and O–H groups in total. The number of benzene rings is 2.